The van der Waals surface area contributed by atoms with Crippen molar-refractivity contribution < 1.29 is 22.7 Å². The van der Waals surface area contributed by atoms with Crippen molar-refractivity contribution in [2.75, 3.05) is 6.54 Å². The van der Waals surface area contributed by atoms with Crippen LogP contribution >= 0.6 is 0 Å². The van der Waals surface area contributed by atoms with Gasteiger partial charge in [-0.05, 0) is 23.3 Å². The smallest absolute Gasteiger partial charge is 0.416 e. The van der Waals surface area contributed by atoms with E-state index in [1.807, 2.05) is 30.3 Å². The number of nitrogens with one attached hydrogen (secondary N) is 1. The lowest BCUT2D eigenvalue weighted by molar-refractivity contribution is -0.137. The molecule has 2 aromatic carbocycles. The molecule has 0 atom stereocenters. The number of hydrogen-bond acceptors (Lipinski definition) is 2. The fraction of sp³-hybridized carbons (Fsp3) is 0.167. The fourth-order valence-corrected chi connectivity index (χ4v) is 1.89. The lowest BCUT2D eigenvalue weighted by Gasteiger charge is -2.06. The predicted octanol–water partition coefficient (Wildman–Crippen LogP) is 4.65. The molecular formula is C18H16F3NO2. The van der Waals surface area contributed by atoms with Gasteiger partial charge in [-0.15, -0.1) is 0 Å². The summed E-state index contributed by atoms with van der Waals surface area (Å²) in [6.45, 7) is 0.393. The van der Waals surface area contributed by atoms with Crippen LogP contribution in [0.3, 0.4) is 0 Å². The predicted molar refractivity (Wildman–Crippen MR) is 85.1 cm³/mol. The maximum atomic E-state index is 12.4. The van der Waals surface area contributed by atoms with E-state index in [9.17, 15) is 18.0 Å². The number of benzene rings is 2. The quantitative estimate of drug-likeness (QED) is 0.864. The Hall–Kier alpha value is -2.76. The lowest BCUT2D eigenvalue weighted by Crippen LogP contribution is -2.24. The third-order valence-electron chi connectivity index (χ3n) is 3.13. The first-order valence-corrected chi connectivity index (χ1v) is 7.23. The van der Waals surface area contributed by atoms with E-state index < -0.39 is 17.8 Å². The molecule has 2 rings (SSSR count). The van der Waals surface area contributed by atoms with Crippen LogP contribution in [-0.4, -0.2) is 12.6 Å². The standard InChI is InChI=1S/C18H16F3NO2/c19-18(20,21)16-10-8-14(9-11-16)7-4-12-22-17(23)24-13-15-5-2-1-3-6-15/h1-11H,12-13H2,(H,22,23). The molecule has 0 radical (unpaired) electrons. The minimum absolute atomic E-state index is 0.176. The number of alkyl halides is 3. The Labute approximate surface area is 137 Å². The first kappa shape index (κ1) is 17.6. The summed E-state index contributed by atoms with van der Waals surface area (Å²) in [6.07, 6.45) is -1.65. The Bertz CT molecular complexity index is 680. The number of halogens is 3. The van der Waals surface area contributed by atoms with Gasteiger partial charge in [0.05, 0.1) is 5.56 Å². The van der Waals surface area contributed by atoms with Crippen molar-refractivity contribution in [3.8, 4) is 0 Å². The molecule has 0 spiro atoms. The summed E-state index contributed by atoms with van der Waals surface area (Å²) in [7, 11) is 0. The van der Waals surface area contributed by atoms with Gasteiger partial charge in [0.1, 0.15) is 6.61 Å². The monoisotopic (exact) mass is 335 g/mol. The minimum atomic E-state index is -4.34. The van der Waals surface area contributed by atoms with Crippen molar-refractivity contribution in [3.63, 3.8) is 0 Å². The summed E-state index contributed by atoms with van der Waals surface area (Å²) < 4.78 is 42.3. The van der Waals surface area contributed by atoms with E-state index in [0.29, 0.717) is 5.56 Å². The molecule has 1 N–H and O–H groups in total. The van der Waals surface area contributed by atoms with Crippen molar-refractivity contribution in [2.24, 2.45) is 0 Å². The van der Waals surface area contributed by atoms with Gasteiger partial charge in [0.2, 0.25) is 0 Å². The van der Waals surface area contributed by atoms with Gasteiger partial charge >= 0.3 is 12.3 Å². The number of ether oxygens (including phenoxy) is 1. The second kappa shape index (κ2) is 8.19. The van der Waals surface area contributed by atoms with Gasteiger partial charge in [-0.25, -0.2) is 4.79 Å². The van der Waals surface area contributed by atoms with Crippen LogP contribution in [0.2, 0.25) is 0 Å². The van der Waals surface area contributed by atoms with Gasteiger partial charge in [-0.1, -0.05) is 54.6 Å². The van der Waals surface area contributed by atoms with Crippen molar-refractivity contribution in [2.45, 2.75) is 12.8 Å². The van der Waals surface area contributed by atoms with Crippen LogP contribution in [0.1, 0.15) is 16.7 Å². The molecule has 0 heterocycles. The second-order valence-corrected chi connectivity index (χ2v) is 4.96. The first-order valence-electron chi connectivity index (χ1n) is 7.23. The highest BCUT2D eigenvalue weighted by Crippen LogP contribution is 2.29. The second-order valence-electron chi connectivity index (χ2n) is 4.96. The highest BCUT2D eigenvalue weighted by molar-refractivity contribution is 5.67. The molecule has 0 fully saturated rings. The van der Waals surface area contributed by atoms with Gasteiger partial charge in [0, 0.05) is 6.54 Å². The SMILES string of the molecule is O=C(NCC=Cc1ccc(C(F)(F)F)cc1)OCc1ccccc1. The molecule has 0 saturated heterocycles. The average molecular weight is 335 g/mol. The lowest BCUT2D eigenvalue weighted by atomic mass is 10.1. The van der Waals surface area contributed by atoms with Crippen molar-refractivity contribution in [3.05, 3.63) is 77.4 Å². The molecule has 0 aliphatic heterocycles. The Morgan fingerprint density at radius 1 is 1.04 bits per heavy atom. The van der Waals surface area contributed by atoms with E-state index in [0.717, 1.165) is 17.7 Å². The van der Waals surface area contributed by atoms with Crippen LogP contribution < -0.4 is 5.32 Å². The van der Waals surface area contributed by atoms with Gasteiger partial charge in [0.25, 0.3) is 0 Å². The molecule has 0 unspecified atom stereocenters. The van der Waals surface area contributed by atoms with Crippen LogP contribution in [0, 0.1) is 0 Å². The summed E-state index contributed by atoms with van der Waals surface area (Å²) >= 11 is 0. The summed E-state index contributed by atoms with van der Waals surface area (Å²) in [5.74, 6) is 0. The van der Waals surface area contributed by atoms with Crippen LogP contribution in [0.5, 0.6) is 0 Å². The average Bonchev–Trinajstić information content (AvgIpc) is 2.57. The summed E-state index contributed by atoms with van der Waals surface area (Å²) in [4.78, 5) is 11.5. The van der Waals surface area contributed by atoms with E-state index in [-0.39, 0.29) is 13.2 Å². The molecule has 0 bridgehead atoms. The van der Waals surface area contributed by atoms with Crippen LogP contribution in [0.15, 0.2) is 60.7 Å². The molecular weight excluding hydrogens is 319 g/mol. The maximum Gasteiger partial charge on any atom is 0.416 e. The summed E-state index contributed by atoms with van der Waals surface area (Å²) in [5, 5.41) is 2.53. The van der Waals surface area contributed by atoms with Gasteiger partial charge in [-0.2, -0.15) is 13.2 Å². The Kier molecular flexibility index (Phi) is 6.01. The zero-order valence-corrected chi connectivity index (χ0v) is 12.7. The largest absolute Gasteiger partial charge is 0.445 e. The molecule has 0 aliphatic carbocycles. The number of carbonyl (C=O) groups is 1. The molecule has 24 heavy (non-hydrogen) atoms. The van der Waals surface area contributed by atoms with E-state index in [1.54, 1.807) is 12.2 Å². The summed E-state index contributed by atoms with van der Waals surface area (Å²) in [5.41, 5.74) is 0.803. The van der Waals surface area contributed by atoms with E-state index in [2.05, 4.69) is 5.32 Å². The third-order valence-corrected chi connectivity index (χ3v) is 3.13. The summed E-state index contributed by atoms with van der Waals surface area (Å²) in [6, 6.07) is 14.0. The van der Waals surface area contributed by atoms with E-state index in [1.165, 1.54) is 12.1 Å². The number of rotatable bonds is 5. The minimum Gasteiger partial charge on any atom is -0.445 e. The molecule has 6 heteroatoms. The Balaban J connectivity index is 1.73. The number of amides is 1. The fourth-order valence-electron chi connectivity index (χ4n) is 1.89. The Morgan fingerprint density at radius 3 is 2.33 bits per heavy atom. The normalized spacial score (nSPS) is 11.5. The van der Waals surface area contributed by atoms with Crippen molar-refractivity contribution >= 4 is 12.2 Å². The first-order chi connectivity index (χ1) is 11.4. The zero-order valence-electron chi connectivity index (χ0n) is 12.7. The molecule has 1 amide bonds. The van der Waals surface area contributed by atoms with Crippen LogP contribution in [-0.2, 0) is 17.5 Å². The molecule has 0 aliphatic rings. The van der Waals surface area contributed by atoms with Gasteiger partial charge in [-0.3, -0.25) is 0 Å². The van der Waals surface area contributed by atoms with E-state index in [4.69, 9.17) is 4.74 Å². The highest BCUT2D eigenvalue weighted by atomic mass is 19.4. The topological polar surface area (TPSA) is 38.3 Å². The molecule has 2 aromatic rings. The molecule has 126 valence electrons. The highest BCUT2D eigenvalue weighted by Gasteiger charge is 2.29. The number of hydrogen-bond donors (Lipinski definition) is 1. The van der Waals surface area contributed by atoms with Gasteiger partial charge < -0.3 is 10.1 Å². The van der Waals surface area contributed by atoms with E-state index >= 15 is 0 Å². The zero-order chi connectivity index (χ0) is 17.4. The van der Waals surface area contributed by atoms with Crippen LogP contribution in [0.4, 0.5) is 18.0 Å². The number of alkyl carbamates (subject to hydrolysis) is 1. The maximum absolute atomic E-state index is 12.4. The van der Waals surface area contributed by atoms with Gasteiger partial charge in [0.15, 0.2) is 0 Å². The molecule has 0 saturated carbocycles. The van der Waals surface area contributed by atoms with Crippen molar-refractivity contribution in [1.29, 1.82) is 0 Å². The number of carbonyl (C=O) groups excluding carboxylic acids is 1. The molecule has 3 nitrogen and oxygen atoms in total. The van der Waals surface area contributed by atoms with Crippen molar-refractivity contribution in [1.82, 2.24) is 5.32 Å². The third kappa shape index (κ3) is 5.79. The Morgan fingerprint density at radius 2 is 1.71 bits per heavy atom. The molecule has 0 aromatic heterocycles. The van der Waals surface area contributed by atoms with Crippen LogP contribution in [0.25, 0.3) is 6.08 Å².